The van der Waals surface area contributed by atoms with Crippen molar-refractivity contribution in [3.63, 3.8) is 0 Å². The Kier molecular flexibility index (Phi) is 6.13. The largest absolute Gasteiger partial charge is 0.367 e. The lowest BCUT2D eigenvalue weighted by Gasteiger charge is -2.26. The lowest BCUT2D eigenvalue weighted by atomic mass is 10.0. The second kappa shape index (κ2) is 8.64. The van der Waals surface area contributed by atoms with E-state index in [-0.39, 0.29) is 18.0 Å². The number of halogens is 1. The van der Waals surface area contributed by atoms with Gasteiger partial charge in [0.05, 0.1) is 10.8 Å². The summed E-state index contributed by atoms with van der Waals surface area (Å²) in [5, 5.41) is 14.1. The molecule has 10 heteroatoms. The number of allylic oxidation sites excluding steroid dienone is 2. The van der Waals surface area contributed by atoms with Gasteiger partial charge in [-0.15, -0.1) is 0 Å². The van der Waals surface area contributed by atoms with Crippen LogP contribution in [0, 0.1) is 0 Å². The number of rotatable bonds is 7. The summed E-state index contributed by atoms with van der Waals surface area (Å²) in [6, 6.07) is 0.0626. The van der Waals surface area contributed by atoms with Gasteiger partial charge in [0.1, 0.15) is 17.8 Å². The predicted molar refractivity (Wildman–Crippen MR) is 120 cm³/mol. The number of dihydropyridines is 1. The third-order valence-corrected chi connectivity index (χ3v) is 8.02. The van der Waals surface area contributed by atoms with Crippen LogP contribution in [0.3, 0.4) is 0 Å². The highest BCUT2D eigenvalue weighted by molar-refractivity contribution is 7.89. The number of amidine groups is 1. The van der Waals surface area contributed by atoms with Crippen molar-refractivity contribution in [2.75, 3.05) is 25.4 Å². The smallest absolute Gasteiger partial charge is 0.214 e. The highest BCUT2D eigenvalue weighted by atomic mass is 35.5. The number of nitrogens with one attached hydrogen (secondary N) is 4. The number of fused-ring (bicyclic) bond motifs is 1. The molecule has 8 nitrogen and oxygen atoms in total. The molecular formula is C20H29ClN6O2S. The molecule has 4 rings (SSSR count). The molecule has 4 N–H and O–H groups in total. The van der Waals surface area contributed by atoms with Gasteiger partial charge in [0, 0.05) is 49.2 Å². The third kappa shape index (κ3) is 4.24. The first-order valence-electron chi connectivity index (χ1n) is 10.5. The molecule has 0 aromatic rings. The van der Waals surface area contributed by atoms with Gasteiger partial charge in [0.25, 0.3) is 0 Å². The fourth-order valence-corrected chi connectivity index (χ4v) is 5.86. The second-order valence-electron chi connectivity index (χ2n) is 7.88. The molecule has 0 aromatic carbocycles. The normalized spacial score (nSPS) is 26.6. The Morgan fingerprint density at radius 2 is 2.10 bits per heavy atom. The Morgan fingerprint density at radius 1 is 1.30 bits per heavy atom. The zero-order valence-electron chi connectivity index (χ0n) is 17.3. The van der Waals surface area contributed by atoms with Gasteiger partial charge in [-0.05, 0) is 30.9 Å². The van der Waals surface area contributed by atoms with Crippen molar-refractivity contribution in [3.8, 4) is 0 Å². The molecule has 0 radical (unpaired) electrons. The van der Waals surface area contributed by atoms with Gasteiger partial charge in [-0.3, -0.25) is 0 Å². The van der Waals surface area contributed by atoms with Gasteiger partial charge in [-0.1, -0.05) is 25.4 Å². The van der Waals surface area contributed by atoms with Crippen molar-refractivity contribution < 1.29 is 8.42 Å². The Morgan fingerprint density at radius 3 is 2.87 bits per heavy atom. The van der Waals surface area contributed by atoms with Crippen molar-refractivity contribution >= 4 is 27.5 Å². The molecule has 1 saturated heterocycles. The molecule has 1 fully saturated rings. The molecule has 0 aliphatic carbocycles. The van der Waals surface area contributed by atoms with Gasteiger partial charge in [0.2, 0.25) is 10.0 Å². The summed E-state index contributed by atoms with van der Waals surface area (Å²) in [7, 11) is -3.17. The molecule has 4 aliphatic rings. The fraction of sp³-hybridized carbons (Fsp3) is 0.550. The molecule has 1 unspecified atom stereocenters. The van der Waals surface area contributed by atoms with Crippen molar-refractivity contribution in [2.24, 2.45) is 4.99 Å². The van der Waals surface area contributed by atoms with E-state index in [1.807, 2.05) is 19.2 Å². The van der Waals surface area contributed by atoms with E-state index in [0.717, 1.165) is 35.6 Å². The third-order valence-electron chi connectivity index (χ3n) is 5.75. The lowest BCUT2D eigenvalue weighted by Crippen LogP contribution is -2.40. The average molecular weight is 453 g/mol. The van der Waals surface area contributed by atoms with Crippen LogP contribution < -0.4 is 21.3 Å². The molecule has 0 aromatic heterocycles. The van der Waals surface area contributed by atoms with Gasteiger partial charge in [-0.25, -0.2) is 13.4 Å². The average Bonchev–Trinajstić information content (AvgIpc) is 3.35. The van der Waals surface area contributed by atoms with E-state index in [1.54, 1.807) is 10.5 Å². The van der Waals surface area contributed by atoms with E-state index in [4.69, 9.17) is 16.6 Å². The molecular weight excluding hydrogens is 424 g/mol. The maximum Gasteiger partial charge on any atom is 0.214 e. The minimum Gasteiger partial charge on any atom is -0.367 e. The quantitative estimate of drug-likeness (QED) is 0.466. The monoisotopic (exact) mass is 452 g/mol. The lowest BCUT2D eigenvalue weighted by molar-refractivity contribution is 0.463. The standard InChI is InChI=1S/C20H29ClN6O2S/c1-3-7-30(28,29)27-6-5-15(12-27)25-18-13(4-2)9-22-20(26-18)17-11-24-19-16(17)8-14(21)10-23-19/h8,10-11,15,19,23-25H,3-7,9,12H2,1-2H3,(H,22,26)/t15-,19?/m0/s1. The van der Waals surface area contributed by atoms with Crippen molar-refractivity contribution in [3.05, 3.63) is 46.0 Å². The SMILES string of the molecule is CCCS(=O)(=O)N1CC[C@H](NC2=C(CC)CNC(C3=CNC4NC=C(Cl)C=C34)=N2)C1. The summed E-state index contributed by atoms with van der Waals surface area (Å²) in [5.74, 6) is 1.84. The van der Waals surface area contributed by atoms with Crippen LogP contribution in [0.2, 0.25) is 0 Å². The van der Waals surface area contributed by atoms with E-state index in [2.05, 4.69) is 28.2 Å². The molecule has 0 bridgehead atoms. The first-order valence-corrected chi connectivity index (χ1v) is 12.5. The first-order chi connectivity index (χ1) is 14.4. The van der Waals surface area contributed by atoms with Crippen molar-refractivity contribution in [2.45, 2.75) is 45.3 Å². The Balaban J connectivity index is 1.51. The molecule has 0 spiro atoms. The molecule has 0 saturated carbocycles. The number of hydrogen-bond acceptors (Lipinski definition) is 7. The van der Waals surface area contributed by atoms with Crippen LogP contribution in [0.1, 0.15) is 33.1 Å². The summed E-state index contributed by atoms with van der Waals surface area (Å²) >= 11 is 6.18. The summed E-state index contributed by atoms with van der Waals surface area (Å²) in [6.07, 6.45) is 7.94. The van der Waals surface area contributed by atoms with E-state index >= 15 is 0 Å². The van der Waals surface area contributed by atoms with Crippen LogP contribution in [0.5, 0.6) is 0 Å². The van der Waals surface area contributed by atoms with E-state index < -0.39 is 10.0 Å². The van der Waals surface area contributed by atoms with Crippen LogP contribution in [-0.4, -0.2) is 56.2 Å². The van der Waals surface area contributed by atoms with Gasteiger partial charge < -0.3 is 21.3 Å². The molecule has 164 valence electrons. The first kappa shape index (κ1) is 21.3. The Labute approximate surface area is 183 Å². The predicted octanol–water partition coefficient (Wildman–Crippen LogP) is 1.44. The second-order valence-corrected chi connectivity index (χ2v) is 10.4. The number of nitrogens with zero attached hydrogens (tertiary/aromatic N) is 2. The van der Waals surface area contributed by atoms with Crippen LogP contribution >= 0.6 is 11.6 Å². The minimum atomic E-state index is -3.17. The van der Waals surface area contributed by atoms with Gasteiger partial charge >= 0.3 is 0 Å². The van der Waals surface area contributed by atoms with Crippen LogP contribution in [0.15, 0.2) is 51.0 Å². The van der Waals surface area contributed by atoms with Crippen LogP contribution in [-0.2, 0) is 10.0 Å². The molecule has 2 atom stereocenters. The Hall–Kier alpha value is -1.97. The van der Waals surface area contributed by atoms with E-state index in [9.17, 15) is 8.42 Å². The zero-order chi connectivity index (χ0) is 21.3. The maximum atomic E-state index is 12.4. The van der Waals surface area contributed by atoms with Crippen LogP contribution in [0.25, 0.3) is 0 Å². The number of aliphatic imine (C=N–C) groups is 1. The summed E-state index contributed by atoms with van der Waals surface area (Å²) in [4.78, 5) is 4.89. The van der Waals surface area contributed by atoms with Gasteiger partial charge in [0.15, 0.2) is 0 Å². The molecule has 4 heterocycles. The molecule has 4 aliphatic heterocycles. The molecule has 30 heavy (non-hydrogen) atoms. The van der Waals surface area contributed by atoms with Crippen molar-refractivity contribution in [1.29, 1.82) is 0 Å². The summed E-state index contributed by atoms with van der Waals surface area (Å²) < 4.78 is 26.4. The topological polar surface area (TPSA) is 97.9 Å². The highest BCUT2D eigenvalue weighted by Gasteiger charge is 2.33. The van der Waals surface area contributed by atoms with E-state index in [1.165, 1.54) is 5.57 Å². The summed E-state index contributed by atoms with van der Waals surface area (Å²) in [5.41, 5.74) is 3.21. The highest BCUT2D eigenvalue weighted by Crippen LogP contribution is 2.27. The molecule has 0 amide bonds. The summed E-state index contributed by atoms with van der Waals surface area (Å²) in [6.45, 7) is 5.75. The number of sulfonamides is 1. The van der Waals surface area contributed by atoms with Crippen molar-refractivity contribution in [1.82, 2.24) is 25.6 Å². The zero-order valence-corrected chi connectivity index (χ0v) is 18.9. The van der Waals surface area contributed by atoms with Crippen LogP contribution in [0.4, 0.5) is 0 Å². The maximum absolute atomic E-state index is 12.4. The van der Waals surface area contributed by atoms with Gasteiger partial charge in [-0.2, -0.15) is 4.31 Å². The van der Waals surface area contributed by atoms with E-state index in [0.29, 0.717) is 31.1 Å². The minimum absolute atomic E-state index is 0.00729. The fourth-order valence-electron chi connectivity index (χ4n) is 4.12. The number of hydrogen-bond donors (Lipinski definition) is 4. The Bertz CT molecular complexity index is 966.